The van der Waals surface area contributed by atoms with Crippen molar-refractivity contribution in [2.24, 2.45) is 0 Å². The van der Waals surface area contributed by atoms with Crippen LogP contribution in [0, 0.1) is 25.2 Å². The number of imidazole rings is 1. The second kappa shape index (κ2) is 7.92. The minimum atomic E-state index is -0.404. The topological polar surface area (TPSA) is 86.5 Å². The minimum absolute atomic E-state index is 0.0860. The first-order valence-corrected chi connectivity index (χ1v) is 9.03. The Kier molecular flexibility index (Phi) is 5.41. The van der Waals surface area contributed by atoms with Crippen molar-refractivity contribution < 1.29 is 4.79 Å². The second-order valence-corrected chi connectivity index (χ2v) is 6.53. The highest BCUT2D eigenvalue weighted by molar-refractivity contribution is 6.01. The number of carbonyl (C=O) groups is 1. The first-order chi connectivity index (χ1) is 13.0. The molecule has 0 saturated heterocycles. The molecule has 0 bridgehead atoms. The summed E-state index contributed by atoms with van der Waals surface area (Å²) >= 11 is 0. The Morgan fingerprint density at radius 2 is 2.15 bits per heavy atom. The number of rotatable bonds is 6. The molecule has 0 fully saturated rings. The number of nitrogens with one attached hydrogen (secondary N) is 2. The molecule has 3 aromatic rings. The number of fused-ring (bicyclic) bond motifs is 1. The molecule has 1 amide bonds. The van der Waals surface area contributed by atoms with E-state index in [1.807, 2.05) is 50.2 Å². The lowest BCUT2D eigenvalue weighted by Crippen LogP contribution is -2.24. The van der Waals surface area contributed by atoms with Gasteiger partial charge in [-0.05, 0) is 50.1 Å². The summed E-state index contributed by atoms with van der Waals surface area (Å²) in [5.74, 6) is 0.251. The summed E-state index contributed by atoms with van der Waals surface area (Å²) in [4.78, 5) is 20.0. The van der Waals surface area contributed by atoms with E-state index in [0.717, 1.165) is 41.0 Å². The first kappa shape index (κ1) is 18.5. The Morgan fingerprint density at radius 1 is 1.37 bits per heavy atom. The van der Waals surface area contributed by atoms with Crippen LogP contribution in [0.2, 0.25) is 0 Å². The highest BCUT2D eigenvalue weighted by Gasteiger charge is 2.13. The molecule has 6 heteroatoms. The number of nitriles is 1. The van der Waals surface area contributed by atoms with E-state index in [1.165, 1.54) is 0 Å². The lowest BCUT2D eigenvalue weighted by Gasteiger charge is -2.07. The molecule has 2 aromatic heterocycles. The maximum absolute atomic E-state index is 12.4. The molecule has 0 radical (unpaired) electrons. The van der Waals surface area contributed by atoms with Crippen LogP contribution in [0.3, 0.4) is 0 Å². The van der Waals surface area contributed by atoms with Crippen LogP contribution in [0.4, 0.5) is 0 Å². The van der Waals surface area contributed by atoms with Crippen molar-refractivity contribution in [1.29, 1.82) is 5.26 Å². The summed E-state index contributed by atoms with van der Waals surface area (Å²) in [5.41, 5.74) is 4.94. The van der Waals surface area contributed by atoms with E-state index in [1.54, 1.807) is 6.08 Å². The number of nitrogens with zero attached hydrogens (tertiary/aromatic N) is 3. The first-order valence-electron chi connectivity index (χ1n) is 9.03. The van der Waals surface area contributed by atoms with Gasteiger partial charge < -0.3 is 14.9 Å². The fourth-order valence-electron chi connectivity index (χ4n) is 3.19. The van der Waals surface area contributed by atoms with Crippen molar-refractivity contribution in [1.82, 2.24) is 19.9 Å². The molecule has 138 valence electrons. The number of para-hydroxylation sites is 2. The summed E-state index contributed by atoms with van der Waals surface area (Å²) in [7, 11) is 0. The van der Waals surface area contributed by atoms with Gasteiger partial charge in [0.05, 0.1) is 17.6 Å². The quantitative estimate of drug-likeness (QED) is 0.519. The van der Waals surface area contributed by atoms with Crippen LogP contribution in [0.1, 0.15) is 36.1 Å². The maximum Gasteiger partial charge on any atom is 0.262 e. The van der Waals surface area contributed by atoms with Gasteiger partial charge in [0.15, 0.2) is 0 Å². The molecular formula is C21H23N5O. The predicted octanol–water partition coefficient (Wildman–Crippen LogP) is 3.61. The van der Waals surface area contributed by atoms with Crippen LogP contribution in [0.15, 0.2) is 35.9 Å². The van der Waals surface area contributed by atoms with Crippen LogP contribution >= 0.6 is 0 Å². The van der Waals surface area contributed by atoms with Crippen LogP contribution in [-0.2, 0) is 17.9 Å². The molecule has 1 aromatic carbocycles. The molecule has 3 rings (SSSR count). The zero-order valence-corrected chi connectivity index (χ0v) is 15.8. The van der Waals surface area contributed by atoms with Crippen molar-refractivity contribution >= 4 is 23.0 Å². The summed E-state index contributed by atoms with van der Waals surface area (Å²) < 4.78 is 2.20. The highest BCUT2D eigenvalue weighted by Crippen LogP contribution is 2.19. The number of hydrogen-bond acceptors (Lipinski definition) is 3. The fourth-order valence-corrected chi connectivity index (χ4v) is 3.19. The molecule has 0 aliphatic heterocycles. The van der Waals surface area contributed by atoms with E-state index in [-0.39, 0.29) is 12.1 Å². The molecule has 0 spiro atoms. The number of aromatic nitrogens is 3. The Bertz CT molecular complexity index is 1020. The smallest absolute Gasteiger partial charge is 0.262 e. The van der Waals surface area contributed by atoms with Crippen molar-refractivity contribution in [2.75, 3.05) is 0 Å². The number of aryl methyl sites for hydroxylation is 1. The normalized spacial score (nSPS) is 11.6. The zero-order valence-electron chi connectivity index (χ0n) is 15.8. The van der Waals surface area contributed by atoms with Crippen molar-refractivity contribution in [2.45, 2.75) is 40.3 Å². The molecule has 6 nitrogen and oxygen atoms in total. The number of aromatic amines is 1. The molecule has 2 N–H and O–H groups in total. The number of carbonyl (C=O) groups excluding carboxylic acids is 1. The lowest BCUT2D eigenvalue weighted by atomic mass is 10.1. The van der Waals surface area contributed by atoms with Crippen molar-refractivity contribution in [3.8, 4) is 6.07 Å². The van der Waals surface area contributed by atoms with E-state index >= 15 is 0 Å². The van der Waals surface area contributed by atoms with E-state index in [0.29, 0.717) is 5.82 Å². The number of amides is 1. The number of H-pyrrole nitrogens is 1. The average molecular weight is 361 g/mol. The van der Waals surface area contributed by atoms with Gasteiger partial charge in [0.2, 0.25) is 0 Å². The maximum atomic E-state index is 12.4. The summed E-state index contributed by atoms with van der Waals surface area (Å²) in [6.45, 7) is 7.33. The predicted molar refractivity (Wildman–Crippen MR) is 106 cm³/mol. The summed E-state index contributed by atoms with van der Waals surface area (Å²) in [6, 6.07) is 11.7. The monoisotopic (exact) mass is 361 g/mol. The Labute approximate surface area is 158 Å². The van der Waals surface area contributed by atoms with Crippen LogP contribution in [-0.4, -0.2) is 20.4 Å². The Balaban J connectivity index is 1.75. The zero-order chi connectivity index (χ0) is 19.4. The molecule has 27 heavy (non-hydrogen) atoms. The summed E-state index contributed by atoms with van der Waals surface area (Å²) in [6.07, 6.45) is 2.69. The van der Waals surface area contributed by atoms with Gasteiger partial charge in [0.25, 0.3) is 5.91 Å². The SMILES string of the molecule is CCCn1c(C)cc(/C=C(/C#N)C(=O)NCc2nc3ccccc3[nH]2)c1C. The molecule has 0 unspecified atom stereocenters. The highest BCUT2D eigenvalue weighted by atomic mass is 16.1. The third kappa shape index (κ3) is 3.93. The third-order valence-corrected chi connectivity index (χ3v) is 4.58. The third-order valence-electron chi connectivity index (χ3n) is 4.58. The van der Waals surface area contributed by atoms with Gasteiger partial charge in [0, 0.05) is 17.9 Å². The van der Waals surface area contributed by atoms with Crippen LogP contribution < -0.4 is 5.32 Å². The molecule has 0 aliphatic carbocycles. The van der Waals surface area contributed by atoms with Crippen LogP contribution in [0.5, 0.6) is 0 Å². The standard InChI is InChI=1S/C21H23N5O/c1-4-9-26-14(2)10-16(15(26)3)11-17(12-22)21(27)23-13-20-24-18-7-5-6-8-19(18)25-20/h5-8,10-11H,4,9,13H2,1-3H3,(H,23,27)(H,24,25)/b17-11-. The summed E-state index contributed by atoms with van der Waals surface area (Å²) in [5, 5.41) is 12.2. The molecular weight excluding hydrogens is 338 g/mol. The van der Waals surface area contributed by atoms with E-state index < -0.39 is 5.91 Å². The molecule has 0 saturated carbocycles. The van der Waals surface area contributed by atoms with Gasteiger partial charge >= 0.3 is 0 Å². The number of benzene rings is 1. The number of hydrogen-bond donors (Lipinski definition) is 2. The van der Waals surface area contributed by atoms with Crippen molar-refractivity contribution in [3.05, 3.63) is 58.7 Å². The molecule has 0 atom stereocenters. The van der Waals surface area contributed by atoms with Gasteiger partial charge in [-0.3, -0.25) is 4.79 Å². The van der Waals surface area contributed by atoms with Gasteiger partial charge in [0.1, 0.15) is 17.5 Å². The van der Waals surface area contributed by atoms with E-state index in [4.69, 9.17) is 0 Å². The average Bonchev–Trinajstić information content (AvgIpc) is 3.20. The Morgan fingerprint density at radius 3 is 2.85 bits per heavy atom. The van der Waals surface area contributed by atoms with Crippen molar-refractivity contribution in [3.63, 3.8) is 0 Å². The fraction of sp³-hybridized carbons (Fsp3) is 0.286. The Hall–Kier alpha value is -3.33. The minimum Gasteiger partial charge on any atom is -0.349 e. The van der Waals surface area contributed by atoms with E-state index in [2.05, 4.69) is 26.8 Å². The van der Waals surface area contributed by atoms with Gasteiger partial charge in [-0.2, -0.15) is 5.26 Å². The second-order valence-electron chi connectivity index (χ2n) is 6.53. The molecule has 0 aliphatic rings. The molecule has 2 heterocycles. The van der Waals surface area contributed by atoms with Crippen LogP contribution in [0.25, 0.3) is 17.1 Å². The van der Waals surface area contributed by atoms with Gasteiger partial charge in [-0.25, -0.2) is 4.98 Å². The lowest BCUT2D eigenvalue weighted by molar-refractivity contribution is -0.117. The largest absolute Gasteiger partial charge is 0.349 e. The van der Waals surface area contributed by atoms with E-state index in [9.17, 15) is 10.1 Å². The van der Waals surface area contributed by atoms with Gasteiger partial charge in [-0.15, -0.1) is 0 Å². The van der Waals surface area contributed by atoms with Gasteiger partial charge in [-0.1, -0.05) is 19.1 Å².